The van der Waals surface area contributed by atoms with Crippen molar-refractivity contribution in [3.05, 3.63) is 15.6 Å². The van der Waals surface area contributed by atoms with E-state index < -0.39 is 0 Å². The third kappa shape index (κ3) is 4.07. The van der Waals surface area contributed by atoms with Crippen molar-refractivity contribution in [2.45, 2.75) is 59.9 Å². The van der Waals surface area contributed by atoms with Gasteiger partial charge in [-0.2, -0.15) is 0 Å². The summed E-state index contributed by atoms with van der Waals surface area (Å²) in [5.41, 5.74) is 0.816. The molecule has 124 valence electrons. The third-order valence-corrected chi connectivity index (χ3v) is 5.80. The van der Waals surface area contributed by atoms with Crippen LogP contribution in [-0.2, 0) is 17.8 Å². The summed E-state index contributed by atoms with van der Waals surface area (Å²) in [5, 5.41) is 4.34. The van der Waals surface area contributed by atoms with Crippen molar-refractivity contribution in [1.29, 1.82) is 0 Å². The standard InChI is InChI=1S/C17H29N3OS/c1-5-8-15-19-13(3)14(22-15)11-18-16(21)17(4)9-7-10-20(6-2)12-17/h5-12H2,1-4H3,(H,18,21)/t17-/m1/s1. The molecule has 1 aromatic heterocycles. The van der Waals surface area contributed by atoms with Gasteiger partial charge in [0.05, 0.1) is 22.7 Å². The maximum Gasteiger partial charge on any atom is 0.227 e. The van der Waals surface area contributed by atoms with Crippen LogP contribution in [-0.4, -0.2) is 35.4 Å². The van der Waals surface area contributed by atoms with E-state index in [0.29, 0.717) is 6.54 Å². The summed E-state index contributed by atoms with van der Waals surface area (Å²) in [6, 6.07) is 0. The Labute approximate surface area is 138 Å². The molecule has 0 saturated carbocycles. The first-order chi connectivity index (χ1) is 10.5. The fraction of sp³-hybridized carbons (Fsp3) is 0.765. The van der Waals surface area contributed by atoms with E-state index in [4.69, 9.17) is 0 Å². The van der Waals surface area contributed by atoms with Crippen LogP contribution in [0, 0.1) is 12.3 Å². The fourth-order valence-electron chi connectivity index (χ4n) is 3.15. The van der Waals surface area contributed by atoms with Gasteiger partial charge in [-0.15, -0.1) is 11.3 Å². The predicted molar refractivity (Wildman–Crippen MR) is 92.1 cm³/mol. The minimum Gasteiger partial charge on any atom is -0.351 e. The van der Waals surface area contributed by atoms with Gasteiger partial charge in [0.25, 0.3) is 0 Å². The highest BCUT2D eigenvalue weighted by molar-refractivity contribution is 7.11. The molecule has 0 radical (unpaired) electrons. The van der Waals surface area contributed by atoms with Crippen LogP contribution in [0.4, 0.5) is 0 Å². The van der Waals surface area contributed by atoms with Crippen molar-refractivity contribution in [2.75, 3.05) is 19.6 Å². The van der Waals surface area contributed by atoms with Crippen LogP contribution in [0.5, 0.6) is 0 Å². The molecule has 1 saturated heterocycles. The zero-order valence-electron chi connectivity index (χ0n) is 14.4. The highest BCUT2D eigenvalue weighted by atomic mass is 32.1. The van der Waals surface area contributed by atoms with Gasteiger partial charge in [-0.1, -0.05) is 13.8 Å². The Balaban J connectivity index is 1.94. The Kier molecular flexibility index (Phi) is 5.98. The van der Waals surface area contributed by atoms with Crippen molar-refractivity contribution >= 4 is 17.2 Å². The molecule has 0 unspecified atom stereocenters. The lowest BCUT2D eigenvalue weighted by molar-refractivity contribution is -0.133. The first-order valence-electron chi connectivity index (χ1n) is 8.44. The number of nitrogens with one attached hydrogen (secondary N) is 1. The Morgan fingerprint density at radius 3 is 2.91 bits per heavy atom. The monoisotopic (exact) mass is 323 g/mol. The number of piperidine rings is 1. The van der Waals surface area contributed by atoms with E-state index in [1.165, 1.54) is 9.88 Å². The van der Waals surface area contributed by atoms with E-state index in [2.05, 4.69) is 36.0 Å². The molecular formula is C17H29N3OS. The second kappa shape index (κ2) is 7.55. The summed E-state index contributed by atoms with van der Waals surface area (Å²) < 4.78 is 0. The number of aryl methyl sites for hydroxylation is 2. The lowest BCUT2D eigenvalue weighted by atomic mass is 9.81. The van der Waals surface area contributed by atoms with Gasteiger partial charge in [0, 0.05) is 11.4 Å². The van der Waals surface area contributed by atoms with Crippen LogP contribution in [0.2, 0.25) is 0 Å². The first-order valence-corrected chi connectivity index (χ1v) is 9.26. The number of thiazole rings is 1. The van der Waals surface area contributed by atoms with Crippen molar-refractivity contribution in [2.24, 2.45) is 5.41 Å². The molecule has 2 rings (SSSR count). The predicted octanol–water partition coefficient (Wildman–Crippen LogP) is 3.14. The van der Waals surface area contributed by atoms with Crippen molar-refractivity contribution in [1.82, 2.24) is 15.2 Å². The molecule has 2 heterocycles. The molecule has 5 heteroatoms. The van der Waals surface area contributed by atoms with Crippen LogP contribution in [0.25, 0.3) is 0 Å². The number of rotatable bonds is 6. The van der Waals surface area contributed by atoms with Gasteiger partial charge in [-0.05, 0) is 52.6 Å². The molecule has 0 aromatic carbocycles. The van der Waals surface area contributed by atoms with Gasteiger partial charge in [0.2, 0.25) is 5.91 Å². The number of aromatic nitrogens is 1. The van der Waals surface area contributed by atoms with Gasteiger partial charge in [-0.3, -0.25) is 4.79 Å². The van der Waals surface area contributed by atoms with Gasteiger partial charge < -0.3 is 10.2 Å². The van der Waals surface area contributed by atoms with Crippen molar-refractivity contribution in [3.8, 4) is 0 Å². The molecule has 1 amide bonds. The first kappa shape index (κ1) is 17.4. The van der Waals surface area contributed by atoms with E-state index in [1.54, 1.807) is 11.3 Å². The number of amides is 1. The zero-order chi connectivity index (χ0) is 16.2. The van der Waals surface area contributed by atoms with Crippen molar-refractivity contribution in [3.63, 3.8) is 0 Å². The summed E-state index contributed by atoms with van der Waals surface area (Å²) in [6.07, 6.45) is 4.24. The highest BCUT2D eigenvalue weighted by Gasteiger charge is 2.37. The van der Waals surface area contributed by atoms with Crippen molar-refractivity contribution < 1.29 is 4.79 Å². The minimum absolute atomic E-state index is 0.190. The highest BCUT2D eigenvalue weighted by Crippen LogP contribution is 2.30. The van der Waals surface area contributed by atoms with E-state index in [9.17, 15) is 4.79 Å². The molecular weight excluding hydrogens is 294 g/mol. The van der Waals surface area contributed by atoms with Crippen LogP contribution in [0.15, 0.2) is 0 Å². The van der Waals surface area contributed by atoms with Crippen LogP contribution in [0.3, 0.4) is 0 Å². The number of hydrogen-bond donors (Lipinski definition) is 1. The third-order valence-electron chi connectivity index (χ3n) is 4.58. The quantitative estimate of drug-likeness (QED) is 0.875. The summed E-state index contributed by atoms with van der Waals surface area (Å²) in [6.45, 7) is 12.1. The molecule has 1 aliphatic rings. The molecule has 1 aromatic rings. The average molecular weight is 324 g/mol. The number of hydrogen-bond acceptors (Lipinski definition) is 4. The number of nitrogens with zero attached hydrogens (tertiary/aromatic N) is 2. The Bertz CT molecular complexity index is 514. The molecule has 1 fully saturated rings. The average Bonchev–Trinajstić information content (AvgIpc) is 2.85. The molecule has 0 aliphatic carbocycles. The summed E-state index contributed by atoms with van der Waals surface area (Å²) >= 11 is 1.74. The topological polar surface area (TPSA) is 45.2 Å². The summed E-state index contributed by atoms with van der Waals surface area (Å²) in [4.78, 5) is 20.8. The van der Waals surface area contributed by atoms with Gasteiger partial charge in [-0.25, -0.2) is 4.98 Å². The summed E-state index contributed by atoms with van der Waals surface area (Å²) in [7, 11) is 0. The Morgan fingerprint density at radius 2 is 2.23 bits per heavy atom. The van der Waals surface area contributed by atoms with Gasteiger partial charge >= 0.3 is 0 Å². The minimum atomic E-state index is -0.251. The largest absolute Gasteiger partial charge is 0.351 e. The molecule has 1 aliphatic heterocycles. The second-order valence-corrected chi connectivity index (χ2v) is 7.75. The maximum absolute atomic E-state index is 12.6. The molecule has 22 heavy (non-hydrogen) atoms. The smallest absolute Gasteiger partial charge is 0.227 e. The molecule has 0 bridgehead atoms. The van der Waals surface area contributed by atoms with Crippen LogP contribution < -0.4 is 5.32 Å². The summed E-state index contributed by atoms with van der Waals surface area (Å²) in [5.74, 6) is 0.190. The number of likely N-dealkylation sites (tertiary alicyclic amines) is 1. The van der Waals surface area contributed by atoms with Crippen LogP contribution in [0.1, 0.15) is 55.6 Å². The van der Waals surface area contributed by atoms with E-state index in [1.807, 2.05) is 6.92 Å². The Hall–Kier alpha value is -0.940. The molecule has 1 atom stereocenters. The number of carbonyl (C=O) groups is 1. The normalized spacial score (nSPS) is 22.7. The zero-order valence-corrected chi connectivity index (χ0v) is 15.2. The lowest BCUT2D eigenvalue weighted by Gasteiger charge is -2.38. The Morgan fingerprint density at radius 1 is 1.45 bits per heavy atom. The van der Waals surface area contributed by atoms with Crippen LogP contribution >= 0.6 is 11.3 Å². The van der Waals surface area contributed by atoms with E-state index in [-0.39, 0.29) is 11.3 Å². The lowest BCUT2D eigenvalue weighted by Crippen LogP contribution is -2.50. The second-order valence-electron chi connectivity index (χ2n) is 6.58. The molecule has 0 spiro atoms. The fourth-order valence-corrected chi connectivity index (χ4v) is 4.26. The van der Waals surface area contributed by atoms with Gasteiger partial charge in [0.15, 0.2) is 0 Å². The molecule has 1 N–H and O–H groups in total. The molecule has 4 nitrogen and oxygen atoms in total. The SMILES string of the molecule is CCCc1nc(C)c(CNC(=O)[C@]2(C)CCCN(CC)C2)s1. The van der Waals surface area contributed by atoms with Gasteiger partial charge in [0.1, 0.15) is 0 Å². The van der Waals surface area contributed by atoms with E-state index >= 15 is 0 Å². The number of carbonyl (C=O) groups excluding carboxylic acids is 1. The van der Waals surface area contributed by atoms with E-state index in [0.717, 1.165) is 51.0 Å². The maximum atomic E-state index is 12.6.